The molecule has 0 fully saturated rings. The van der Waals surface area contributed by atoms with Gasteiger partial charge >= 0.3 is 6.18 Å². The Morgan fingerprint density at radius 3 is 2.29 bits per heavy atom. The Morgan fingerprint density at radius 2 is 1.74 bits per heavy atom. The highest BCUT2D eigenvalue weighted by atomic mass is 19.4. The van der Waals surface area contributed by atoms with Crippen LogP contribution in [0.3, 0.4) is 0 Å². The Labute approximate surface area is 195 Å². The van der Waals surface area contributed by atoms with Crippen LogP contribution >= 0.6 is 0 Å². The number of alkyl halides is 3. The lowest BCUT2D eigenvalue weighted by molar-refractivity contribution is -0.123. The molecular formula is C23H27F3N6O2. The predicted molar refractivity (Wildman–Crippen MR) is 127 cm³/mol. The fourth-order valence-electron chi connectivity index (χ4n) is 3.17. The Bertz CT molecular complexity index is 1080. The van der Waals surface area contributed by atoms with Crippen molar-refractivity contribution < 1.29 is 22.8 Å². The fourth-order valence-corrected chi connectivity index (χ4v) is 3.17. The Kier molecular flexibility index (Phi) is 9.08. The summed E-state index contributed by atoms with van der Waals surface area (Å²) in [5.41, 5.74) is 12.7. The zero-order valence-corrected chi connectivity index (χ0v) is 18.7. The van der Waals surface area contributed by atoms with Crippen molar-refractivity contribution in [1.82, 2.24) is 10.7 Å². The van der Waals surface area contributed by atoms with Crippen LogP contribution in [0.25, 0.3) is 11.3 Å². The van der Waals surface area contributed by atoms with E-state index >= 15 is 0 Å². The summed E-state index contributed by atoms with van der Waals surface area (Å²) in [4.78, 5) is 23.3. The lowest BCUT2D eigenvalue weighted by atomic mass is 9.98. The molecule has 11 heteroatoms. The van der Waals surface area contributed by atoms with Crippen molar-refractivity contribution >= 4 is 35.0 Å². The molecular weight excluding hydrogens is 449 g/mol. The molecule has 2 rings (SSSR count). The molecule has 0 unspecified atom stereocenters. The highest BCUT2D eigenvalue weighted by molar-refractivity contribution is 5.97. The van der Waals surface area contributed by atoms with Crippen molar-refractivity contribution in [3.63, 3.8) is 0 Å². The minimum atomic E-state index is -4.52. The first-order valence-corrected chi connectivity index (χ1v) is 10.3. The van der Waals surface area contributed by atoms with Gasteiger partial charge in [0.2, 0.25) is 6.41 Å². The molecule has 0 spiro atoms. The smallest absolute Gasteiger partial charge is 0.397 e. The molecule has 0 saturated carbocycles. The number of carbonyl (C=O) groups is 2. The van der Waals surface area contributed by atoms with Gasteiger partial charge < -0.3 is 27.1 Å². The van der Waals surface area contributed by atoms with E-state index in [2.05, 4.69) is 16.1 Å². The third-order valence-electron chi connectivity index (χ3n) is 4.91. The molecule has 182 valence electrons. The number of hydrogen-bond donors (Lipinski definition) is 6. The van der Waals surface area contributed by atoms with E-state index in [-0.39, 0.29) is 5.56 Å². The number of anilines is 2. The van der Waals surface area contributed by atoms with Gasteiger partial charge in [-0.05, 0) is 54.8 Å². The molecule has 34 heavy (non-hydrogen) atoms. The first-order chi connectivity index (χ1) is 16.1. The van der Waals surface area contributed by atoms with Gasteiger partial charge in [-0.2, -0.15) is 13.2 Å². The summed E-state index contributed by atoms with van der Waals surface area (Å²) in [6.07, 6.45) is -2.01. The number of hydrazine groups is 1. The number of amides is 2. The minimum Gasteiger partial charge on any atom is -0.397 e. The van der Waals surface area contributed by atoms with Crippen LogP contribution in [0, 0.1) is 0 Å². The van der Waals surface area contributed by atoms with Crippen LogP contribution in [0.15, 0.2) is 54.4 Å². The largest absolute Gasteiger partial charge is 0.405 e. The number of benzene rings is 2. The summed E-state index contributed by atoms with van der Waals surface area (Å²) in [7, 11) is 0. The molecule has 0 aliphatic rings. The molecule has 0 aliphatic heterocycles. The topological polar surface area (TPSA) is 134 Å². The van der Waals surface area contributed by atoms with Crippen LogP contribution in [0.1, 0.15) is 41.8 Å². The van der Waals surface area contributed by atoms with Crippen LogP contribution in [0.2, 0.25) is 0 Å². The lowest BCUT2D eigenvalue weighted by Gasteiger charge is -2.18. The zero-order chi connectivity index (χ0) is 25.3. The van der Waals surface area contributed by atoms with Crippen molar-refractivity contribution in [2.45, 2.75) is 26.4 Å². The second-order valence-electron chi connectivity index (χ2n) is 7.25. The molecule has 0 aliphatic carbocycles. The van der Waals surface area contributed by atoms with Gasteiger partial charge in [0.1, 0.15) is 6.54 Å². The first kappa shape index (κ1) is 26.3. The van der Waals surface area contributed by atoms with Crippen molar-refractivity contribution in [2.75, 3.05) is 17.2 Å². The second-order valence-corrected chi connectivity index (χ2v) is 7.25. The molecule has 0 heterocycles. The summed E-state index contributed by atoms with van der Waals surface area (Å²) in [6, 6.07) is 11.5. The van der Waals surface area contributed by atoms with Crippen LogP contribution in [-0.4, -0.2) is 25.0 Å². The van der Waals surface area contributed by atoms with E-state index in [0.29, 0.717) is 35.4 Å². The number of allylic oxidation sites excluding steroid dienone is 2. The van der Waals surface area contributed by atoms with Crippen molar-refractivity contribution in [1.29, 1.82) is 0 Å². The average Bonchev–Trinajstić information content (AvgIpc) is 2.81. The zero-order valence-electron chi connectivity index (χ0n) is 18.7. The van der Waals surface area contributed by atoms with Gasteiger partial charge in [-0.3, -0.25) is 15.4 Å². The van der Waals surface area contributed by atoms with Crippen LogP contribution in [-0.2, 0) is 4.79 Å². The van der Waals surface area contributed by atoms with Gasteiger partial charge in [0.25, 0.3) is 5.91 Å². The molecule has 0 atom stereocenters. The third kappa shape index (κ3) is 7.27. The SMILES string of the molecule is CC/C(Nc1ccc(/C(N)=C/NN)cc1)=C(/C)c1cc(C(=O)NCC(F)(F)F)ccc1NC=O. The van der Waals surface area contributed by atoms with E-state index < -0.39 is 18.6 Å². The summed E-state index contributed by atoms with van der Waals surface area (Å²) < 4.78 is 37.4. The van der Waals surface area contributed by atoms with Gasteiger partial charge in [-0.1, -0.05) is 19.1 Å². The van der Waals surface area contributed by atoms with Gasteiger partial charge in [-0.15, -0.1) is 0 Å². The molecule has 0 aromatic heterocycles. The van der Waals surface area contributed by atoms with Crippen molar-refractivity contribution in [3.8, 4) is 0 Å². The van der Waals surface area contributed by atoms with E-state index in [1.54, 1.807) is 19.1 Å². The molecule has 0 radical (unpaired) electrons. The second kappa shape index (κ2) is 11.8. The Balaban J connectivity index is 2.38. The molecule has 0 bridgehead atoms. The molecule has 2 amide bonds. The highest BCUT2D eigenvalue weighted by Gasteiger charge is 2.28. The summed E-state index contributed by atoms with van der Waals surface area (Å²) in [5.74, 6) is 4.37. The van der Waals surface area contributed by atoms with Gasteiger partial charge in [0, 0.05) is 34.4 Å². The van der Waals surface area contributed by atoms with E-state index in [9.17, 15) is 22.8 Å². The lowest BCUT2D eigenvalue weighted by Crippen LogP contribution is -2.33. The van der Waals surface area contributed by atoms with Crippen LogP contribution < -0.4 is 33.0 Å². The van der Waals surface area contributed by atoms with E-state index in [4.69, 9.17) is 11.6 Å². The maximum Gasteiger partial charge on any atom is 0.405 e. The summed E-state index contributed by atoms with van der Waals surface area (Å²) >= 11 is 0. The van der Waals surface area contributed by atoms with E-state index in [1.165, 1.54) is 24.4 Å². The number of hydrogen-bond acceptors (Lipinski definition) is 6. The summed E-state index contributed by atoms with van der Waals surface area (Å²) in [5, 5.41) is 7.72. The first-order valence-electron chi connectivity index (χ1n) is 10.3. The average molecular weight is 477 g/mol. The highest BCUT2D eigenvalue weighted by Crippen LogP contribution is 2.29. The quantitative estimate of drug-likeness (QED) is 0.177. The molecule has 2 aromatic rings. The number of nitrogens with one attached hydrogen (secondary N) is 4. The summed E-state index contributed by atoms with van der Waals surface area (Å²) in [6.45, 7) is 2.26. The normalized spacial score (nSPS) is 12.5. The Hall–Kier alpha value is -3.99. The van der Waals surface area contributed by atoms with Gasteiger partial charge in [-0.25, -0.2) is 0 Å². The third-order valence-corrected chi connectivity index (χ3v) is 4.91. The Morgan fingerprint density at radius 1 is 1.09 bits per heavy atom. The minimum absolute atomic E-state index is 0.0330. The monoisotopic (exact) mass is 476 g/mol. The molecule has 2 aromatic carbocycles. The standard InChI is InChI=1S/C23H27F3N6O2/c1-3-20(32-17-7-4-15(5-8-17)19(27)11-31-28)14(2)18-10-16(6-9-21(18)30-13-33)22(34)29-12-23(24,25)26/h4-11,13,31-32H,3,12,27-28H2,1-2H3,(H,29,34)(H,30,33)/b19-11-,20-14+. The van der Waals surface area contributed by atoms with Gasteiger partial charge in [0.05, 0.1) is 5.70 Å². The number of halogens is 3. The number of rotatable bonds is 10. The van der Waals surface area contributed by atoms with Crippen LogP contribution in [0.5, 0.6) is 0 Å². The van der Waals surface area contributed by atoms with E-state index in [0.717, 1.165) is 16.9 Å². The maximum absolute atomic E-state index is 12.5. The van der Waals surface area contributed by atoms with Gasteiger partial charge in [0.15, 0.2) is 0 Å². The van der Waals surface area contributed by atoms with Crippen molar-refractivity contribution in [3.05, 3.63) is 71.1 Å². The van der Waals surface area contributed by atoms with Crippen LogP contribution in [0.4, 0.5) is 24.5 Å². The maximum atomic E-state index is 12.5. The van der Waals surface area contributed by atoms with E-state index in [1.807, 2.05) is 24.4 Å². The fraction of sp³-hybridized carbons (Fsp3) is 0.217. The molecule has 0 saturated heterocycles. The van der Waals surface area contributed by atoms with Crippen molar-refractivity contribution in [2.24, 2.45) is 11.6 Å². The molecule has 8 N–H and O–H groups in total. The molecule has 8 nitrogen and oxygen atoms in total. The number of nitrogens with two attached hydrogens (primary N) is 2. The predicted octanol–water partition coefficient (Wildman–Crippen LogP) is 3.52. The number of carbonyl (C=O) groups excluding carboxylic acids is 2.